The van der Waals surface area contributed by atoms with Gasteiger partial charge in [-0.25, -0.2) is 0 Å². The highest BCUT2D eigenvalue weighted by atomic mass is 35.5. The highest BCUT2D eigenvalue weighted by molar-refractivity contribution is 6.30. The molecule has 2 rings (SSSR count). The van der Waals surface area contributed by atoms with Gasteiger partial charge in [0.2, 0.25) is 0 Å². The van der Waals surface area contributed by atoms with E-state index < -0.39 is 0 Å². The van der Waals surface area contributed by atoms with Crippen molar-refractivity contribution in [3.8, 4) is 0 Å². The minimum Gasteiger partial charge on any atom is -0.310 e. The Labute approximate surface area is 109 Å². The number of likely N-dealkylation sites (N-methyl/N-ethyl adjacent to an activating group) is 1. The van der Waals surface area contributed by atoms with Gasteiger partial charge in [-0.3, -0.25) is 4.90 Å². The van der Waals surface area contributed by atoms with Gasteiger partial charge in [0.15, 0.2) is 0 Å². The van der Waals surface area contributed by atoms with Crippen molar-refractivity contribution >= 4 is 11.6 Å². The number of hydrogen-bond acceptors (Lipinski definition) is 2. The molecule has 0 amide bonds. The maximum atomic E-state index is 5.89. The van der Waals surface area contributed by atoms with Crippen molar-refractivity contribution in [2.24, 2.45) is 0 Å². The van der Waals surface area contributed by atoms with Crippen LogP contribution >= 0.6 is 11.6 Å². The van der Waals surface area contributed by atoms with Gasteiger partial charge in [0, 0.05) is 29.7 Å². The Morgan fingerprint density at radius 2 is 2.00 bits per heavy atom. The van der Waals surface area contributed by atoms with Crippen molar-refractivity contribution in [3.05, 3.63) is 34.9 Å². The lowest BCUT2D eigenvalue weighted by atomic mass is 10.0. The molecule has 1 saturated heterocycles. The van der Waals surface area contributed by atoms with Gasteiger partial charge in [0.25, 0.3) is 0 Å². The van der Waals surface area contributed by atoms with Gasteiger partial charge >= 0.3 is 0 Å². The Bertz CT molecular complexity index is 372. The minimum absolute atomic E-state index is 0.277. The first-order valence-electron chi connectivity index (χ1n) is 6.16. The molecular formula is C14H21ClN2. The fourth-order valence-electron chi connectivity index (χ4n) is 2.45. The second-order valence-electron chi connectivity index (χ2n) is 5.66. The van der Waals surface area contributed by atoms with Crippen LogP contribution in [-0.4, -0.2) is 30.1 Å². The summed E-state index contributed by atoms with van der Waals surface area (Å²) in [6.45, 7) is 6.60. The van der Waals surface area contributed by atoms with Crippen molar-refractivity contribution in [2.75, 3.05) is 13.6 Å². The fraction of sp³-hybridized carbons (Fsp3) is 0.571. The molecule has 1 aliphatic rings. The molecule has 3 heteroatoms. The molecule has 1 unspecified atom stereocenters. The molecule has 1 heterocycles. The number of nitrogens with zero attached hydrogens (tertiary/aromatic N) is 1. The van der Waals surface area contributed by atoms with Gasteiger partial charge < -0.3 is 5.32 Å². The van der Waals surface area contributed by atoms with Crippen LogP contribution in [0.1, 0.15) is 25.8 Å². The summed E-state index contributed by atoms with van der Waals surface area (Å²) in [4.78, 5) is 2.42. The van der Waals surface area contributed by atoms with Crippen LogP contribution in [-0.2, 0) is 6.54 Å². The van der Waals surface area contributed by atoms with E-state index in [1.54, 1.807) is 0 Å². The molecule has 1 atom stereocenters. The van der Waals surface area contributed by atoms with Gasteiger partial charge in [0.05, 0.1) is 0 Å². The number of hydrogen-bond donors (Lipinski definition) is 1. The van der Waals surface area contributed by atoms with Crippen molar-refractivity contribution < 1.29 is 0 Å². The largest absolute Gasteiger partial charge is 0.310 e. The predicted octanol–water partition coefficient (Wildman–Crippen LogP) is 2.91. The summed E-state index contributed by atoms with van der Waals surface area (Å²) in [7, 11) is 2.20. The third kappa shape index (κ3) is 3.44. The van der Waals surface area contributed by atoms with Crippen molar-refractivity contribution in [1.29, 1.82) is 0 Å². The molecule has 0 aromatic heterocycles. The Kier molecular flexibility index (Phi) is 3.76. The molecule has 1 fully saturated rings. The Morgan fingerprint density at radius 3 is 2.53 bits per heavy atom. The summed E-state index contributed by atoms with van der Waals surface area (Å²) in [5.41, 5.74) is 1.60. The van der Waals surface area contributed by atoms with Crippen LogP contribution in [0.5, 0.6) is 0 Å². The molecule has 0 bridgehead atoms. The summed E-state index contributed by atoms with van der Waals surface area (Å²) >= 11 is 5.89. The van der Waals surface area contributed by atoms with E-state index in [0.717, 1.165) is 18.1 Å². The standard InChI is InChI=1S/C14H21ClN2/c1-14(2)8-13(9-16-14)17(3)10-11-4-6-12(15)7-5-11/h4-7,13,16H,8-10H2,1-3H3. The van der Waals surface area contributed by atoms with E-state index in [4.69, 9.17) is 11.6 Å². The Hall–Kier alpha value is -0.570. The minimum atomic E-state index is 0.277. The summed E-state index contributed by atoms with van der Waals surface area (Å²) in [6, 6.07) is 8.75. The second kappa shape index (κ2) is 4.97. The van der Waals surface area contributed by atoms with E-state index in [-0.39, 0.29) is 5.54 Å². The summed E-state index contributed by atoms with van der Waals surface area (Å²) in [5, 5.41) is 4.36. The topological polar surface area (TPSA) is 15.3 Å². The van der Waals surface area contributed by atoms with Gasteiger partial charge in [-0.2, -0.15) is 0 Å². The third-order valence-electron chi connectivity index (χ3n) is 3.53. The maximum Gasteiger partial charge on any atom is 0.0406 e. The molecular weight excluding hydrogens is 232 g/mol. The average Bonchev–Trinajstić information content (AvgIpc) is 2.62. The monoisotopic (exact) mass is 252 g/mol. The third-order valence-corrected chi connectivity index (χ3v) is 3.78. The van der Waals surface area contributed by atoms with Crippen molar-refractivity contribution in [3.63, 3.8) is 0 Å². The van der Waals surface area contributed by atoms with E-state index in [9.17, 15) is 0 Å². The lowest BCUT2D eigenvalue weighted by molar-refractivity contribution is 0.240. The second-order valence-corrected chi connectivity index (χ2v) is 6.10. The zero-order valence-corrected chi connectivity index (χ0v) is 11.6. The van der Waals surface area contributed by atoms with E-state index in [2.05, 4.69) is 43.2 Å². The maximum absolute atomic E-state index is 5.89. The first kappa shape index (κ1) is 12.9. The highest BCUT2D eigenvalue weighted by Gasteiger charge is 2.32. The Morgan fingerprint density at radius 1 is 1.35 bits per heavy atom. The first-order valence-corrected chi connectivity index (χ1v) is 6.54. The number of rotatable bonds is 3. The fourth-order valence-corrected chi connectivity index (χ4v) is 2.57. The summed E-state index contributed by atoms with van der Waals surface area (Å²) in [6.07, 6.45) is 1.21. The van der Waals surface area contributed by atoms with E-state index in [0.29, 0.717) is 6.04 Å². The quantitative estimate of drug-likeness (QED) is 0.890. The highest BCUT2D eigenvalue weighted by Crippen LogP contribution is 2.22. The molecule has 2 nitrogen and oxygen atoms in total. The molecule has 1 aromatic rings. The van der Waals surface area contributed by atoms with Crippen LogP contribution in [0, 0.1) is 0 Å². The molecule has 0 saturated carbocycles. The van der Waals surface area contributed by atoms with Gasteiger partial charge in [0.1, 0.15) is 0 Å². The summed E-state index contributed by atoms with van der Waals surface area (Å²) < 4.78 is 0. The van der Waals surface area contributed by atoms with Crippen molar-refractivity contribution in [2.45, 2.75) is 38.4 Å². The number of nitrogens with one attached hydrogen (secondary N) is 1. The molecule has 1 aliphatic heterocycles. The molecule has 1 aromatic carbocycles. The molecule has 94 valence electrons. The van der Waals surface area contributed by atoms with Crippen LogP contribution in [0.3, 0.4) is 0 Å². The van der Waals surface area contributed by atoms with E-state index >= 15 is 0 Å². The molecule has 1 N–H and O–H groups in total. The molecule has 17 heavy (non-hydrogen) atoms. The van der Waals surface area contributed by atoms with E-state index in [1.807, 2.05) is 12.1 Å². The molecule has 0 spiro atoms. The van der Waals surface area contributed by atoms with Gasteiger partial charge in [-0.05, 0) is 45.0 Å². The van der Waals surface area contributed by atoms with E-state index in [1.165, 1.54) is 12.0 Å². The SMILES string of the molecule is CN(Cc1ccc(Cl)cc1)C1CNC(C)(C)C1. The zero-order valence-electron chi connectivity index (χ0n) is 10.8. The van der Waals surface area contributed by atoms with Crippen LogP contribution in [0.2, 0.25) is 5.02 Å². The first-order chi connectivity index (χ1) is 7.96. The lowest BCUT2D eigenvalue weighted by Crippen LogP contribution is -2.32. The van der Waals surface area contributed by atoms with Crippen LogP contribution < -0.4 is 5.32 Å². The smallest absolute Gasteiger partial charge is 0.0406 e. The van der Waals surface area contributed by atoms with Crippen LogP contribution in [0.4, 0.5) is 0 Å². The Balaban J connectivity index is 1.93. The molecule has 0 aliphatic carbocycles. The lowest BCUT2D eigenvalue weighted by Gasteiger charge is -2.25. The summed E-state index contributed by atoms with van der Waals surface area (Å²) in [5.74, 6) is 0. The van der Waals surface area contributed by atoms with Gasteiger partial charge in [-0.1, -0.05) is 23.7 Å². The predicted molar refractivity (Wildman–Crippen MR) is 73.4 cm³/mol. The van der Waals surface area contributed by atoms with Crippen molar-refractivity contribution in [1.82, 2.24) is 10.2 Å². The number of benzene rings is 1. The van der Waals surface area contributed by atoms with Crippen LogP contribution in [0.15, 0.2) is 24.3 Å². The number of halogens is 1. The zero-order chi connectivity index (χ0) is 12.5. The molecule has 0 radical (unpaired) electrons. The normalized spacial score (nSPS) is 23.2. The average molecular weight is 253 g/mol. The van der Waals surface area contributed by atoms with Gasteiger partial charge in [-0.15, -0.1) is 0 Å². The van der Waals surface area contributed by atoms with Crippen LogP contribution in [0.25, 0.3) is 0 Å².